The Balaban J connectivity index is 1.70. The van der Waals surface area contributed by atoms with Crippen LogP contribution in [0.3, 0.4) is 0 Å². The van der Waals surface area contributed by atoms with E-state index in [0.717, 1.165) is 0 Å². The molecule has 0 amide bonds. The summed E-state index contributed by atoms with van der Waals surface area (Å²) in [7, 11) is 0. The highest BCUT2D eigenvalue weighted by molar-refractivity contribution is 5.71. The number of rotatable bonds is 2. The quantitative estimate of drug-likeness (QED) is 0.330. The van der Waals surface area contributed by atoms with Gasteiger partial charge in [-0.1, -0.05) is 86.0 Å². The molecule has 1 saturated carbocycles. The van der Waals surface area contributed by atoms with Crippen LogP contribution in [0, 0.1) is 0 Å². The van der Waals surface area contributed by atoms with Crippen LogP contribution in [0.2, 0.25) is 0 Å². The zero-order valence-electron chi connectivity index (χ0n) is 17.2. The molecule has 2 heterocycles. The molecule has 0 atom stereocenters. The third-order valence-electron chi connectivity index (χ3n) is 7.10. The lowest BCUT2D eigenvalue weighted by molar-refractivity contribution is -0.588. The van der Waals surface area contributed by atoms with Gasteiger partial charge in [-0.25, -0.2) is 0 Å². The number of aromatic nitrogens is 1. The molecule has 6 rings (SSSR count). The lowest BCUT2D eigenvalue weighted by atomic mass is 9.68. The lowest BCUT2D eigenvalue weighted by Crippen LogP contribution is -2.39. The minimum absolute atomic E-state index is 0.142. The third kappa shape index (κ3) is 2.58. The number of benzene rings is 3. The summed E-state index contributed by atoms with van der Waals surface area (Å²) < 4.78 is 2.56. The third-order valence-corrected chi connectivity index (χ3v) is 7.10. The van der Waals surface area contributed by atoms with Crippen molar-refractivity contribution in [3.05, 3.63) is 108 Å². The molecule has 1 aliphatic heterocycles. The molecule has 0 unspecified atom stereocenters. The Morgan fingerprint density at radius 1 is 0.567 bits per heavy atom. The second-order valence-electron chi connectivity index (χ2n) is 8.74. The Morgan fingerprint density at radius 2 is 1.20 bits per heavy atom. The van der Waals surface area contributed by atoms with Gasteiger partial charge in [0.1, 0.15) is 0 Å². The Bertz CT molecular complexity index is 1200. The van der Waals surface area contributed by atoms with Crippen molar-refractivity contribution in [3.8, 4) is 28.1 Å². The van der Waals surface area contributed by atoms with E-state index in [1.54, 1.807) is 0 Å². The van der Waals surface area contributed by atoms with Crippen molar-refractivity contribution in [2.45, 2.75) is 37.5 Å². The highest BCUT2D eigenvalue weighted by Crippen LogP contribution is 2.50. The summed E-state index contributed by atoms with van der Waals surface area (Å²) in [6, 6.07) is 35.7. The van der Waals surface area contributed by atoms with E-state index in [2.05, 4.69) is 102 Å². The predicted octanol–water partition coefficient (Wildman–Crippen LogP) is 6.86. The smallest absolute Gasteiger partial charge is 0.156 e. The molecule has 3 aromatic carbocycles. The van der Waals surface area contributed by atoms with Crippen molar-refractivity contribution >= 4 is 0 Å². The van der Waals surface area contributed by atoms with Gasteiger partial charge in [0, 0.05) is 29.3 Å². The van der Waals surface area contributed by atoms with Gasteiger partial charge in [0.2, 0.25) is 11.4 Å². The van der Waals surface area contributed by atoms with E-state index in [4.69, 9.17) is 0 Å². The minimum Gasteiger partial charge on any atom is -0.156 e. The maximum absolute atomic E-state index is 2.56. The summed E-state index contributed by atoms with van der Waals surface area (Å²) in [6.07, 6.45) is 6.47. The van der Waals surface area contributed by atoms with E-state index in [1.807, 2.05) is 0 Å². The molecule has 1 aromatic heterocycles. The maximum Gasteiger partial charge on any atom is 0.219 e. The van der Waals surface area contributed by atoms with Gasteiger partial charge in [0.25, 0.3) is 0 Å². The van der Waals surface area contributed by atoms with Crippen LogP contribution in [0.5, 0.6) is 0 Å². The van der Waals surface area contributed by atoms with E-state index < -0.39 is 0 Å². The number of nitrogens with zero attached hydrogens (tertiary/aromatic N) is 1. The second-order valence-corrected chi connectivity index (χ2v) is 8.74. The summed E-state index contributed by atoms with van der Waals surface area (Å²) in [5.74, 6) is 0. The van der Waals surface area contributed by atoms with Crippen molar-refractivity contribution in [1.82, 2.24) is 0 Å². The van der Waals surface area contributed by atoms with Crippen LogP contribution in [0.25, 0.3) is 28.1 Å². The predicted molar refractivity (Wildman–Crippen MR) is 123 cm³/mol. The van der Waals surface area contributed by atoms with Crippen LogP contribution >= 0.6 is 0 Å². The minimum atomic E-state index is 0.142. The highest BCUT2D eigenvalue weighted by atomic mass is 15.0. The molecule has 146 valence electrons. The van der Waals surface area contributed by atoms with Crippen molar-refractivity contribution in [3.63, 3.8) is 0 Å². The van der Waals surface area contributed by atoms with E-state index in [0.29, 0.717) is 0 Å². The fourth-order valence-electron chi connectivity index (χ4n) is 5.72. The molecule has 0 N–H and O–H groups in total. The average Bonchev–Trinajstić information content (AvgIpc) is 3.10. The van der Waals surface area contributed by atoms with Crippen molar-refractivity contribution in [2.75, 3.05) is 0 Å². The highest BCUT2D eigenvalue weighted by Gasteiger charge is 2.51. The van der Waals surface area contributed by atoms with Gasteiger partial charge in [-0.15, -0.1) is 0 Å². The monoisotopic (exact) mass is 388 g/mol. The SMILES string of the molecule is c1ccc(-c2cc(-c3ccccc3)[n+]3c(c2)C2(CCCCC2)c2ccccc2-3)cc1. The molecule has 0 bridgehead atoms. The van der Waals surface area contributed by atoms with Gasteiger partial charge >= 0.3 is 0 Å². The first kappa shape index (κ1) is 17.7. The Labute approximate surface area is 178 Å². The molecule has 1 spiro atoms. The van der Waals surface area contributed by atoms with Crippen LogP contribution in [0.1, 0.15) is 43.4 Å². The van der Waals surface area contributed by atoms with E-state index in [1.165, 1.54) is 71.4 Å². The van der Waals surface area contributed by atoms with Crippen LogP contribution in [0.4, 0.5) is 0 Å². The first-order chi connectivity index (χ1) is 14.9. The average molecular weight is 389 g/mol. The van der Waals surface area contributed by atoms with Gasteiger partial charge in [0.05, 0.1) is 5.41 Å². The largest absolute Gasteiger partial charge is 0.219 e. The van der Waals surface area contributed by atoms with Gasteiger partial charge in [-0.3, -0.25) is 0 Å². The molecule has 1 fully saturated rings. The Kier molecular flexibility index (Phi) is 4.09. The molecule has 0 radical (unpaired) electrons. The molecule has 30 heavy (non-hydrogen) atoms. The molecule has 1 nitrogen and oxygen atoms in total. The summed E-state index contributed by atoms with van der Waals surface area (Å²) >= 11 is 0. The van der Waals surface area contributed by atoms with Crippen LogP contribution in [0.15, 0.2) is 97.1 Å². The zero-order chi connectivity index (χ0) is 20.0. The van der Waals surface area contributed by atoms with Gasteiger partial charge in [-0.2, -0.15) is 4.57 Å². The summed E-state index contributed by atoms with van der Waals surface area (Å²) in [5, 5.41) is 0. The van der Waals surface area contributed by atoms with Crippen molar-refractivity contribution < 1.29 is 4.57 Å². The van der Waals surface area contributed by atoms with Gasteiger partial charge in [-0.05, 0) is 36.1 Å². The lowest BCUT2D eigenvalue weighted by Gasteiger charge is -2.31. The Morgan fingerprint density at radius 3 is 1.93 bits per heavy atom. The summed E-state index contributed by atoms with van der Waals surface area (Å²) in [4.78, 5) is 0. The summed E-state index contributed by atoms with van der Waals surface area (Å²) in [6.45, 7) is 0. The molecular formula is C29H26N+. The van der Waals surface area contributed by atoms with Crippen molar-refractivity contribution in [2.24, 2.45) is 0 Å². The topological polar surface area (TPSA) is 3.88 Å². The first-order valence-corrected chi connectivity index (χ1v) is 11.2. The van der Waals surface area contributed by atoms with E-state index in [-0.39, 0.29) is 5.41 Å². The number of pyridine rings is 1. The zero-order valence-corrected chi connectivity index (χ0v) is 17.2. The standard InChI is InChI=1S/C29H26N/c1-4-12-22(13-5-1)24-20-27(23-14-6-2-7-15-23)30-26-17-9-8-16-25(26)29(28(30)21-24)18-10-3-11-19-29/h1-2,4-9,12-17,20-21H,3,10-11,18-19H2/q+1. The van der Waals surface area contributed by atoms with Crippen LogP contribution < -0.4 is 4.57 Å². The first-order valence-electron chi connectivity index (χ1n) is 11.2. The number of hydrogen-bond donors (Lipinski definition) is 0. The number of hydrogen-bond acceptors (Lipinski definition) is 0. The van der Waals surface area contributed by atoms with Crippen molar-refractivity contribution in [1.29, 1.82) is 0 Å². The fraction of sp³-hybridized carbons (Fsp3) is 0.207. The van der Waals surface area contributed by atoms with Crippen LogP contribution in [-0.4, -0.2) is 0 Å². The maximum atomic E-state index is 2.56. The van der Waals surface area contributed by atoms with E-state index >= 15 is 0 Å². The Hall–Kier alpha value is -3.19. The van der Waals surface area contributed by atoms with Gasteiger partial charge < -0.3 is 0 Å². The number of para-hydroxylation sites is 1. The van der Waals surface area contributed by atoms with E-state index in [9.17, 15) is 0 Å². The molecule has 1 aliphatic carbocycles. The molecular weight excluding hydrogens is 362 g/mol. The molecule has 2 aliphatic rings. The second kappa shape index (κ2) is 6.95. The number of fused-ring (bicyclic) bond motifs is 5. The summed E-state index contributed by atoms with van der Waals surface area (Å²) in [5.41, 5.74) is 9.69. The molecule has 0 saturated heterocycles. The molecule has 1 heteroatoms. The fourth-order valence-corrected chi connectivity index (χ4v) is 5.72. The normalized spacial score (nSPS) is 16.3. The molecule has 4 aromatic rings. The van der Waals surface area contributed by atoms with Gasteiger partial charge in [0.15, 0.2) is 5.69 Å². The van der Waals surface area contributed by atoms with Crippen LogP contribution in [-0.2, 0) is 5.41 Å².